The van der Waals surface area contributed by atoms with E-state index in [2.05, 4.69) is 0 Å². The summed E-state index contributed by atoms with van der Waals surface area (Å²) in [5.41, 5.74) is 10.0. The second kappa shape index (κ2) is 19.1. The maximum absolute atomic E-state index is 10.6. The second-order valence-corrected chi connectivity index (χ2v) is 7.04. The van der Waals surface area contributed by atoms with E-state index in [9.17, 15) is 9.59 Å². The van der Waals surface area contributed by atoms with Crippen LogP contribution < -0.4 is 11.5 Å². The van der Waals surface area contributed by atoms with Crippen LogP contribution in [-0.4, -0.2) is 18.6 Å². The molecule has 0 saturated heterocycles. The maximum Gasteiger partial charge on any atom is 0.404 e. The molecule has 5 heteroatoms. The molecule has 0 aliphatic carbocycles. The topological polar surface area (TPSA) is 95.4 Å². The largest absolute Gasteiger partial charge is 0.450 e. The van der Waals surface area contributed by atoms with Gasteiger partial charge in [-0.25, -0.2) is 4.79 Å². The fourth-order valence-electron chi connectivity index (χ4n) is 3.05. The highest BCUT2D eigenvalue weighted by Gasteiger charge is 1.97. The molecule has 0 heterocycles. The van der Waals surface area contributed by atoms with Gasteiger partial charge in [0.05, 0.1) is 6.61 Å². The molecule has 0 atom stereocenters. The van der Waals surface area contributed by atoms with Gasteiger partial charge in [-0.05, 0) is 12.8 Å². The molecule has 0 aromatic carbocycles. The minimum Gasteiger partial charge on any atom is -0.450 e. The molecule has 0 aromatic rings. The first-order chi connectivity index (χ1) is 12.1. The summed E-state index contributed by atoms with van der Waals surface area (Å²) in [6.45, 7) is 0.461. The normalized spacial score (nSPS) is 10.7. The van der Waals surface area contributed by atoms with Gasteiger partial charge in [0.1, 0.15) is 0 Å². The lowest BCUT2D eigenvalue weighted by molar-refractivity contribution is -0.118. The fourth-order valence-corrected chi connectivity index (χ4v) is 3.05. The Labute approximate surface area is 154 Å². The number of ether oxygens (including phenoxy) is 1. The summed E-state index contributed by atoms with van der Waals surface area (Å²) in [5, 5.41) is 0. The minimum absolute atomic E-state index is 0.171. The zero-order valence-corrected chi connectivity index (χ0v) is 16.1. The third-order valence-electron chi connectivity index (χ3n) is 4.56. The number of carbonyl (C=O) groups is 2. The zero-order chi connectivity index (χ0) is 18.6. The number of hydrogen-bond donors (Lipinski definition) is 2. The number of hydrogen-bond acceptors (Lipinski definition) is 3. The Morgan fingerprint density at radius 3 is 1.16 bits per heavy atom. The Balaban J connectivity index is 3.00. The Bertz CT molecular complexity index is 292. The molecule has 0 aliphatic rings. The molecule has 0 saturated carbocycles. The van der Waals surface area contributed by atoms with Crippen LogP contribution in [0.3, 0.4) is 0 Å². The second-order valence-electron chi connectivity index (χ2n) is 7.04. The molecule has 148 valence electrons. The van der Waals surface area contributed by atoms with Crippen molar-refractivity contribution in [2.45, 2.75) is 109 Å². The number of nitrogens with two attached hydrogens (primary N) is 2. The average molecular weight is 357 g/mol. The number of amides is 2. The van der Waals surface area contributed by atoms with E-state index in [1.54, 1.807) is 0 Å². The van der Waals surface area contributed by atoms with Gasteiger partial charge >= 0.3 is 6.09 Å². The van der Waals surface area contributed by atoms with E-state index in [0.29, 0.717) is 13.0 Å². The molecule has 0 unspecified atom stereocenters. The molecule has 0 radical (unpaired) electrons. The van der Waals surface area contributed by atoms with Gasteiger partial charge in [0, 0.05) is 6.42 Å². The molecule has 5 nitrogen and oxygen atoms in total. The molecule has 0 spiro atoms. The van der Waals surface area contributed by atoms with E-state index in [4.69, 9.17) is 16.2 Å². The molecule has 2 amide bonds. The van der Waals surface area contributed by atoms with Crippen molar-refractivity contribution in [3.63, 3.8) is 0 Å². The van der Waals surface area contributed by atoms with Crippen LogP contribution in [0.1, 0.15) is 109 Å². The number of primary amides is 2. The van der Waals surface area contributed by atoms with Crippen LogP contribution in [-0.2, 0) is 9.53 Å². The van der Waals surface area contributed by atoms with E-state index in [0.717, 1.165) is 25.7 Å². The van der Waals surface area contributed by atoms with Gasteiger partial charge < -0.3 is 16.2 Å². The van der Waals surface area contributed by atoms with Crippen molar-refractivity contribution in [2.75, 3.05) is 6.61 Å². The van der Waals surface area contributed by atoms with Gasteiger partial charge in [-0.15, -0.1) is 0 Å². The van der Waals surface area contributed by atoms with E-state index in [1.165, 1.54) is 77.0 Å². The van der Waals surface area contributed by atoms with E-state index < -0.39 is 6.09 Å². The zero-order valence-electron chi connectivity index (χ0n) is 16.1. The van der Waals surface area contributed by atoms with Gasteiger partial charge in [0.15, 0.2) is 0 Å². The van der Waals surface area contributed by atoms with E-state index in [1.807, 2.05) is 0 Å². The Morgan fingerprint density at radius 1 is 0.520 bits per heavy atom. The quantitative estimate of drug-likeness (QED) is 0.311. The van der Waals surface area contributed by atoms with Crippen molar-refractivity contribution in [1.82, 2.24) is 0 Å². The van der Waals surface area contributed by atoms with Crippen LogP contribution in [0.2, 0.25) is 0 Å². The fraction of sp³-hybridized carbons (Fsp3) is 0.900. The first kappa shape index (κ1) is 23.7. The lowest BCUT2D eigenvalue weighted by Crippen LogP contribution is -2.13. The first-order valence-electron chi connectivity index (χ1n) is 10.3. The summed E-state index contributed by atoms with van der Waals surface area (Å²) < 4.78 is 4.70. The predicted molar refractivity (Wildman–Crippen MR) is 103 cm³/mol. The predicted octanol–water partition coefficient (Wildman–Crippen LogP) is 5.20. The molecule has 0 bridgehead atoms. The lowest BCUT2D eigenvalue weighted by Gasteiger charge is -2.04. The molecule has 25 heavy (non-hydrogen) atoms. The van der Waals surface area contributed by atoms with Crippen molar-refractivity contribution < 1.29 is 14.3 Å². The molecule has 0 rings (SSSR count). The Hall–Kier alpha value is -1.26. The van der Waals surface area contributed by atoms with Crippen molar-refractivity contribution >= 4 is 12.0 Å². The van der Waals surface area contributed by atoms with Crippen LogP contribution in [0, 0.1) is 0 Å². The molecular weight excluding hydrogens is 316 g/mol. The molecule has 0 fully saturated rings. The van der Waals surface area contributed by atoms with Gasteiger partial charge in [-0.3, -0.25) is 4.79 Å². The van der Waals surface area contributed by atoms with E-state index in [-0.39, 0.29) is 5.91 Å². The summed E-state index contributed by atoms with van der Waals surface area (Å²) in [6.07, 6.45) is 19.9. The van der Waals surface area contributed by atoms with Gasteiger partial charge in [0.2, 0.25) is 5.91 Å². The maximum atomic E-state index is 10.6. The number of unbranched alkanes of at least 4 members (excludes halogenated alkanes) is 15. The molecule has 0 aliphatic heterocycles. The van der Waals surface area contributed by atoms with Crippen LogP contribution >= 0.6 is 0 Å². The van der Waals surface area contributed by atoms with Crippen LogP contribution in [0.4, 0.5) is 4.79 Å². The molecule has 4 N–H and O–H groups in total. The van der Waals surface area contributed by atoms with Gasteiger partial charge in [-0.2, -0.15) is 0 Å². The summed E-state index contributed by atoms with van der Waals surface area (Å²) >= 11 is 0. The summed E-state index contributed by atoms with van der Waals surface area (Å²) in [5.74, 6) is -0.171. The number of rotatable bonds is 19. The summed E-state index contributed by atoms with van der Waals surface area (Å²) in [7, 11) is 0. The van der Waals surface area contributed by atoms with Gasteiger partial charge in [-0.1, -0.05) is 89.9 Å². The average Bonchev–Trinajstić information content (AvgIpc) is 2.56. The number of carbonyl (C=O) groups excluding carboxylic acids is 2. The highest BCUT2D eigenvalue weighted by atomic mass is 16.5. The van der Waals surface area contributed by atoms with Gasteiger partial charge in [0.25, 0.3) is 0 Å². The highest BCUT2D eigenvalue weighted by molar-refractivity contribution is 5.73. The van der Waals surface area contributed by atoms with Crippen LogP contribution in [0.15, 0.2) is 0 Å². The Morgan fingerprint density at radius 2 is 0.840 bits per heavy atom. The standard InChI is InChI=1S/C20H40N2O3/c21-19(23)17-15-13-11-9-7-5-3-1-2-4-6-8-10-12-14-16-18-25-20(22)24/h1-18H2,(H2,21,23)(H2,22,24). The first-order valence-corrected chi connectivity index (χ1v) is 10.3. The van der Waals surface area contributed by atoms with Crippen molar-refractivity contribution in [2.24, 2.45) is 11.5 Å². The van der Waals surface area contributed by atoms with E-state index >= 15 is 0 Å². The Kier molecular flexibility index (Phi) is 18.1. The SMILES string of the molecule is NC(=O)CCCCCCCCCCCCCCCCCCOC(N)=O. The monoisotopic (exact) mass is 356 g/mol. The van der Waals surface area contributed by atoms with Crippen molar-refractivity contribution in [3.8, 4) is 0 Å². The molecular formula is C20H40N2O3. The highest BCUT2D eigenvalue weighted by Crippen LogP contribution is 2.14. The molecule has 0 aromatic heterocycles. The third-order valence-corrected chi connectivity index (χ3v) is 4.56. The van der Waals surface area contributed by atoms with Crippen LogP contribution in [0.5, 0.6) is 0 Å². The minimum atomic E-state index is -0.666. The summed E-state index contributed by atoms with van der Waals surface area (Å²) in [4.78, 5) is 21.0. The van der Waals surface area contributed by atoms with Crippen LogP contribution in [0.25, 0.3) is 0 Å². The lowest BCUT2D eigenvalue weighted by atomic mass is 10.0. The van der Waals surface area contributed by atoms with Crippen molar-refractivity contribution in [1.29, 1.82) is 0 Å². The van der Waals surface area contributed by atoms with Crippen molar-refractivity contribution in [3.05, 3.63) is 0 Å². The summed E-state index contributed by atoms with van der Waals surface area (Å²) in [6, 6.07) is 0. The smallest absolute Gasteiger partial charge is 0.404 e. The third kappa shape index (κ3) is 22.7.